The highest BCUT2D eigenvalue weighted by Crippen LogP contribution is 2.19. The molecular weight excluding hydrogens is 298 g/mol. The Labute approximate surface area is 124 Å². The van der Waals surface area contributed by atoms with Crippen LogP contribution < -0.4 is 5.32 Å². The lowest BCUT2D eigenvalue weighted by Gasteiger charge is -2.06. The van der Waals surface area contributed by atoms with Crippen LogP contribution in [0.4, 0.5) is 5.69 Å². The topological polar surface area (TPSA) is 105 Å². The predicted molar refractivity (Wildman–Crippen MR) is 75.2 cm³/mol. The molecule has 2 aromatic rings. The number of hydrogen-bond acceptors (Lipinski definition) is 5. The van der Waals surface area contributed by atoms with Crippen LogP contribution in [0.2, 0.25) is 5.15 Å². The van der Waals surface area contributed by atoms with Crippen LogP contribution in [0.25, 0.3) is 0 Å². The molecular formula is C13H10ClN3O4. The molecule has 2 rings (SSSR count). The third-order valence-electron chi connectivity index (χ3n) is 2.67. The van der Waals surface area contributed by atoms with Gasteiger partial charge in [0, 0.05) is 12.6 Å². The number of hydrogen-bond donors (Lipinski definition) is 2. The second kappa shape index (κ2) is 6.19. The number of phenolic OH excluding ortho intramolecular Hbond substituents is 1. The summed E-state index contributed by atoms with van der Waals surface area (Å²) in [4.78, 5) is 25.6. The van der Waals surface area contributed by atoms with Crippen molar-refractivity contribution in [2.24, 2.45) is 0 Å². The van der Waals surface area contributed by atoms with Gasteiger partial charge in [0.15, 0.2) is 0 Å². The number of halogens is 1. The molecule has 1 aromatic carbocycles. The minimum atomic E-state index is -0.653. The lowest BCUT2D eigenvalue weighted by Crippen LogP contribution is -2.23. The Morgan fingerprint density at radius 3 is 2.67 bits per heavy atom. The average molecular weight is 308 g/mol. The number of carbonyl (C=O) groups is 1. The summed E-state index contributed by atoms with van der Waals surface area (Å²) in [6.45, 7) is 0.193. The number of nitro groups is 1. The maximum absolute atomic E-state index is 12.0. The second-order valence-electron chi connectivity index (χ2n) is 4.14. The van der Waals surface area contributed by atoms with Gasteiger partial charge in [0.2, 0.25) is 0 Å². The highest BCUT2D eigenvalue weighted by atomic mass is 35.5. The summed E-state index contributed by atoms with van der Waals surface area (Å²) in [5.41, 5.74) is 0.384. The standard InChI is InChI=1S/C13H10ClN3O4/c14-12-11(5-9(7-15-12)17(20)21)13(19)16-6-8-1-3-10(18)4-2-8/h1-5,7,18H,6H2,(H,16,19). The number of nitrogens with zero attached hydrogens (tertiary/aromatic N) is 2. The SMILES string of the molecule is O=C(NCc1ccc(O)cc1)c1cc([N+](=O)[O-])cnc1Cl. The van der Waals surface area contributed by atoms with Crippen molar-refractivity contribution in [1.82, 2.24) is 10.3 Å². The normalized spacial score (nSPS) is 10.1. The van der Waals surface area contributed by atoms with Gasteiger partial charge in [-0.25, -0.2) is 4.98 Å². The first-order chi connectivity index (χ1) is 9.97. The average Bonchev–Trinajstić information content (AvgIpc) is 2.46. The van der Waals surface area contributed by atoms with E-state index in [1.165, 1.54) is 12.1 Å². The number of rotatable bonds is 4. The van der Waals surface area contributed by atoms with Crippen molar-refractivity contribution in [3.05, 3.63) is 62.9 Å². The molecule has 0 saturated carbocycles. The third kappa shape index (κ3) is 3.67. The Hall–Kier alpha value is -2.67. The summed E-state index contributed by atoms with van der Waals surface area (Å²) in [7, 11) is 0. The minimum Gasteiger partial charge on any atom is -0.508 e. The van der Waals surface area contributed by atoms with Crippen LogP contribution in [-0.4, -0.2) is 20.9 Å². The number of aromatic hydroxyl groups is 1. The molecule has 0 unspecified atom stereocenters. The van der Waals surface area contributed by atoms with Gasteiger partial charge in [-0.2, -0.15) is 0 Å². The van der Waals surface area contributed by atoms with Crippen molar-refractivity contribution in [3.8, 4) is 5.75 Å². The van der Waals surface area contributed by atoms with Gasteiger partial charge in [0.25, 0.3) is 11.6 Å². The zero-order valence-electron chi connectivity index (χ0n) is 10.6. The van der Waals surface area contributed by atoms with E-state index in [9.17, 15) is 14.9 Å². The van der Waals surface area contributed by atoms with Gasteiger partial charge in [-0.1, -0.05) is 23.7 Å². The summed E-state index contributed by atoms with van der Waals surface area (Å²) >= 11 is 5.77. The van der Waals surface area contributed by atoms with Gasteiger partial charge in [-0.3, -0.25) is 14.9 Å². The zero-order valence-corrected chi connectivity index (χ0v) is 11.4. The quantitative estimate of drug-likeness (QED) is 0.512. The van der Waals surface area contributed by atoms with Crippen LogP contribution in [0, 0.1) is 10.1 Å². The van der Waals surface area contributed by atoms with Crippen molar-refractivity contribution in [1.29, 1.82) is 0 Å². The second-order valence-corrected chi connectivity index (χ2v) is 4.50. The number of nitrogens with one attached hydrogen (secondary N) is 1. The van der Waals surface area contributed by atoms with E-state index in [0.29, 0.717) is 0 Å². The highest BCUT2D eigenvalue weighted by molar-refractivity contribution is 6.32. The Morgan fingerprint density at radius 1 is 1.38 bits per heavy atom. The molecule has 0 aliphatic heterocycles. The molecule has 8 heteroatoms. The van der Waals surface area contributed by atoms with Crippen LogP contribution in [0.5, 0.6) is 5.75 Å². The van der Waals surface area contributed by atoms with Crippen LogP contribution >= 0.6 is 11.6 Å². The fraction of sp³-hybridized carbons (Fsp3) is 0.0769. The molecule has 2 N–H and O–H groups in total. The lowest BCUT2D eigenvalue weighted by molar-refractivity contribution is -0.385. The largest absolute Gasteiger partial charge is 0.508 e. The van der Waals surface area contributed by atoms with Crippen molar-refractivity contribution < 1.29 is 14.8 Å². The number of aromatic nitrogens is 1. The molecule has 1 amide bonds. The van der Waals surface area contributed by atoms with Crippen molar-refractivity contribution in [3.63, 3.8) is 0 Å². The number of phenols is 1. The first-order valence-electron chi connectivity index (χ1n) is 5.83. The number of pyridine rings is 1. The molecule has 0 aliphatic carbocycles. The maximum Gasteiger partial charge on any atom is 0.288 e. The molecule has 0 saturated heterocycles. The molecule has 21 heavy (non-hydrogen) atoms. The van der Waals surface area contributed by atoms with Gasteiger partial charge in [-0.15, -0.1) is 0 Å². The molecule has 0 atom stereocenters. The molecule has 0 aliphatic rings. The summed E-state index contributed by atoms with van der Waals surface area (Å²) in [5.74, 6) is -0.444. The molecule has 0 radical (unpaired) electrons. The number of carbonyl (C=O) groups excluding carboxylic acids is 1. The Kier molecular flexibility index (Phi) is 4.34. The van der Waals surface area contributed by atoms with E-state index in [4.69, 9.17) is 16.7 Å². The van der Waals surface area contributed by atoms with Gasteiger partial charge in [-0.05, 0) is 17.7 Å². The molecule has 108 valence electrons. The van der Waals surface area contributed by atoms with E-state index < -0.39 is 10.8 Å². The molecule has 1 aromatic heterocycles. The lowest BCUT2D eigenvalue weighted by atomic mass is 10.2. The summed E-state index contributed by atoms with van der Waals surface area (Å²) in [5, 5.41) is 22.3. The molecule has 1 heterocycles. The van der Waals surface area contributed by atoms with Gasteiger partial charge in [0.1, 0.15) is 17.1 Å². The molecule has 0 spiro atoms. The third-order valence-corrected chi connectivity index (χ3v) is 2.97. The molecule has 7 nitrogen and oxygen atoms in total. The fourth-order valence-corrected chi connectivity index (χ4v) is 1.78. The van der Waals surface area contributed by atoms with Crippen molar-refractivity contribution in [2.45, 2.75) is 6.54 Å². The van der Waals surface area contributed by atoms with Crippen LogP contribution in [0.15, 0.2) is 36.5 Å². The maximum atomic E-state index is 12.0. The van der Waals surface area contributed by atoms with Crippen LogP contribution in [0.1, 0.15) is 15.9 Å². The van der Waals surface area contributed by atoms with Gasteiger partial charge in [0.05, 0.1) is 10.5 Å². The predicted octanol–water partition coefficient (Wildman–Crippen LogP) is 2.28. The fourth-order valence-electron chi connectivity index (χ4n) is 1.59. The summed E-state index contributed by atoms with van der Waals surface area (Å²) in [6.07, 6.45) is 0.985. The van der Waals surface area contributed by atoms with E-state index in [1.807, 2.05) is 0 Å². The molecule has 0 fully saturated rings. The Bertz CT molecular complexity index is 688. The van der Waals surface area contributed by atoms with Gasteiger partial charge >= 0.3 is 0 Å². The van der Waals surface area contributed by atoms with Crippen LogP contribution in [0.3, 0.4) is 0 Å². The van der Waals surface area contributed by atoms with E-state index in [2.05, 4.69) is 10.3 Å². The van der Waals surface area contributed by atoms with E-state index in [0.717, 1.165) is 17.8 Å². The summed E-state index contributed by atoms with van der Waals surface area (Å²) in [6, 6.07) is 7.33. The minimum absolute atomic E-state index is 0.0651. The first kappa shape index (κ1) is 14.7. The number of benzene rings is 1. The highest BCUT2D eigenvalue weighted by Gasteiger charge is 2.16. The molecule has 0 bridgehead atoms. The van der Waals surface area contributed by atoms with E-state index >= 15 is 0 Å². The smallest absolute Gasteiger partial charge is 0.288 e. The Morgan fingerprint density at radius 2 is 2.05 bits per heavy atom. The van der Waals surface area contributed by atoms with Crippen molar-refractivity contribution in [2.75, 3.05) is 0 Å². The van der Waals surface area contributed by atoms with Crippen LogP contribution in [-0.2, 0) is 6.54 Å². The zero-order chi connectivity index (χ0) is 15.4. The number of amides is 1. The Balaban J connectivity index is 2.11. The first-order valence-corrected chi connectivity index (χ1v) is 6.21. The van der Waals surface area contributed by atoms with Crippen molar-refractivity contribution >= 4 is 23.2 Å². The van der Waals surface area contributed by atoms with E-state index in [-0.39, 0.29) is 28.7 Å². The monoisotopic (exact) mass is 307 g/mol. The van der Waals surface area contributed by atoms with Gasteiger partial charge < -0.3 is 10.4 Å². The summed E-state index contributed by atoms with van der Waals surface area (Å²) < 4.78 is 0. The van der Waals surface area contributed by atoms with E-state index in [1.54, 1.807) is 12.1 Å².